The molecule has 0 saturated carbocycles. The van der Waals surface area contributed by atoms with E-state index in [1.807, 2.05) is 31.5 Å². The summed E-state index contributed by atoms with van der Waals surface area (Å²) >= 11 is 0. The van der Waals surface area contributed by atoms with Gasteiger partial charge in [-0.3, -0.25) is 9.48 Å². The van der Waals surface area contributed by atoms with Crippen LogP contribution >= 0.6 is 0 Å². The van der Waals surface area contributed by atoms with Crippen LogP contribution in [-0.4, -0.2) is 22.2 Å². The Balaban J connectivity index is 1.90. The van der Waals surface area contributed by atoms with E-state index in [0.717, 1.165) is 23.5 Å². The van der Waals surface area contributed by atoms with Crippen molar-refractivity contribution in [3.05, 3.63) is 52.9 Å². The zero-order valence-electron chi connectivity index (χ0n) is 12.9. The van der Waals surface area contributed by atoms with Gasteiger partial charge in [0.1, 0.15) is 0 Å². The summed E-state index contributed by atoms with van der Waals surface area (Å²) in [5, 5.41) is 7.09. The highest BCUT2D eigenvalue weighted by Crippen LogP contribution is 2.09. The minimum Gasteiger partial charge on any atom is -0.352 e. The molecule has 1 atom stereocenters. The predicted octanol–water partition coefficient (Wildman–Crippen LogP) is 2.84. The molecular weight excluding hydrogens is 288 g/mol. The number of carbonyl (C=O) groups is 1. The average molecular weight is 307 g/mol. The molecule has 4 nitrogen and oxygen atoms in total. The summed E-state index contributed by atoms with van der Waals surface area (Å²) in [4.78, 5) is 11.9. The van der Waals surface area contributed by atoms with Crippen molar-refractivity contribution in [2.75, 3.05) is 6.54 Å². The number of hydrogen-bond acceptors (Lipinski definition) is 2. The molecular formula is C16H19F2N3O. The third-order valence-electron chi connectivity index (χ3n) is 3.38. The first-order chi connectivity index (χ1) is 10.4. The molecule has 1 amide bonds. The molecule has 1 unspecified atom stereocenters. The van der Waals surface area contributed by atoms with Crippen molar-refractivity contribution in [3.8, 4) is 0 Å². The van der Waals surface area contributed by atoms with Gasteiger partial charge in [0, 0.05) is 24.3 Å². The highest BCUT2D eigenvalue weighted by molar-refractivity contribution is 5.94. The van der Waals surface area contributed by atoms with Gasteiger partial charge in [0.2, 0.25) is 0 Å². The van der Waals surface area contributed by atoms with E-state index in [0.29, 0.717) is 13.1 Å². The van der Waals surface area contributed by atoms with Gasteiger partial charge in [-0.25, -0.2) is 8.78 Å². The minimum absolute atomic E-state index is 0.109. The summed E-state index contributed by atoms with van der Waals surface area (Å²) < 4.78 is 27.8. The fourth-order valence-corrected chi connectivity index (χ4v) is 2.23. The maximum absolute atomic E-state index is 13.1. The van der Waals surface area contributed by atoms with Crippen molar-refractivity contribution in [2.24, 2.45) is 5.92 Å². The van der Waals surface area contributed by atoms with Crippen LogP contribution in [0.25, 0.3) is 0 Å². The van der Waals surface area contributed by atoms with Crippen LogP contribution in [0.4, 0.5) is 8.78 Å². The van der Waals surface area contributed by atoms with Gasteiger partial charge in [0.15, 0.2) is 11.6 Å². The van der Waals surface area contributed by atoms with Crippen LogP contribution < -0.4 is 5.32 Å². The third-order valence-corrected chi connectivity index (χ3v) is 3.38. The van der Waals surface area contributed by atoms with E-state index in [4.69, 9.17) is 0 Å². The fourth-order valence-electron chi connectivity index (χ4n) is 2.23. The first-order valence-corrected chi connectivity index (χ1v) is 7.11. The van der Waals surface area contributed by atoms with Crippen molar-refractivity contribution < 1.29 is 13.6 Å². The molecule has 2 aromatic rings. The number of nitrogens with zero attached hydrogens (tertiary/aromatic N) is 2. The minimum atomic E-state index is -1.02. The van der Waals surface area contributed by atoms with Gasteiger partial charge in [-0.15, -0.1) is 0 Å². The van der Waals surface area contributed by atoms with Crippen molar-refractivity contribution in [3.63, 3.8) is 0 Å². The summed E-state index contributed by atoms with van der Waals surface area (Å²) in [5.74, 6) is -2.25. The van der Waals surface area contributed by atoms with Crippen molar-refractivity contribution in [1.29, 1.82) is 0 Å². The molecule has 1 aromatic heterocycles. The number of carbonyl (C=O) groups excluding carboxylic acids is 1. The normalized spacial score (nSPS) is 12.2. The second-order valence-corrected chi connectivity index (χ2v) is 5.55. The van der Waals surface area contributed by atoms with Crippen LogP contribution in [0, 0.1) is 31.4 Å². The smallest absolute Gasteiger partial charge is 0.251 e. The topological polar surface area (TPSA) is 46.9 Å². The largest absolute Gasteiger partial charge is 0.352 e. The molecule has 0 radical (unpaired) electrons. The third kappa shape index (κ3) is 3.90. The Labute approximate surface area is 128 Å². The second-order valence-electron chi connectivity index (χ2n) is 5.55. The lowest BCUT2D eigenvalue weighted by Gasteiger charge is -2.14. The van der Waals surface area contributed by atoms with Gasteiger partial charge in [0.25, 0.3) is 5.91 Å². The highest BCUT2D eigenvalue weighted by Gasteiger charge is 2.12. The molecule has 0 aliphatic rings. The summed E-state index contributed by atoms with van der Waals surface area (Å²) in [7, 11) is 0. The van der Waals surface area contributed by atoms with Crippen LogP contribution in [0.1, 0.15) is 28.7 Å². The van der Waals surface area contributed by atoms with Crippen LogP contribution in [0.2, 0.25) is 0 Å². The molecule has 0 bridgehead atoms. The standard InChI is InChI=1S/C16H19F2N3O/c1-10(9-21-12(3)6-11(2)20-21)8-19-16(22)13-4-5-14(17)15(18)7-13/h4-7,10H,8-9H2,1-3H3,(H,19,22). The fraction of sp³-hybridized carbons (Fsp3) is 0.375. The summed E-state index contributed by atoms with van der Waals surface area (Å²) in [6.07, 6.45) is 0. The number of hydrogen-bond donors (Lipinski definition) is 1. The SMILES string of the molecule is Cc1cc(C)n(CC(C)CNC(=O)c2ccc(F)c(F)c2)n1. The maximum Gasteiger partial charge on any atom is 0.251 e. The Hall–Kier alpha value is -2.24. The van der Waals surface area contributed by atoms with E-state index in [-0.39, 0.29) is 11.5 Å². The van der Waals surface area contributed by atoms with Gasteiger partial charge in [0.05, 0.1) is 5.69 Å². The zero-order chi connectivity index (χ0) is 16.3. The quantitative estimate of drug-likeness (QED) is 0.923. The molecule has 6 heteroatoms. The summed E-state index contributed by atoms with van der Waals surface area (Å²) in [5.41, 5.74) is 2.13. The van der Waals surface area contributed by atoms with Crippen molar-refractivity contribution in [1.82, 2.24) is 15.1 Å². The van der Waals surface area contributed by atoms with Crippen LogP contribution in [-0.2, 0) is 6.54 Å². The lowest BCUT2D eigenvalue weighted by molar-refractivity contribution is 0.0946. The highest BCUT2D eigenvalue weighted by atomic mass is 19.2. The summed E-state index contributed by atoms with van der Waals surface area (Å²) in [6.45, 7) is 7.00. The maximum atomic E-state index is 13.1. The number of amides is 1. The molecule has 1 heterocycles. The molecule has 118 valence electrons. The lowest BCUT2D eigenvalue weighted by atomic mass is 10.1. The number of benzene rings is 1. The van der Waals surface area contributed by atoms with E-state index < -0.39 is 17.5 Å². The Morgan fingerprint density at radius 2 is 2.00 bits per heavy atom. The molecule has 0 aliphatic carbocycles. The van der Waals surface area contributed by atoms with E-state index in [2.05, 4.69) is 10.4 Å². The van der Waals surface area contributed by atoms with E-state index >= 15 is 0 Å². The number of halogens is 2. The molecule has 2 rings (SSSR count). The number of rotatable bonds is 5. The Morgan fingerprint density at radius 1 is 1.27 bits per heavy atom. The first kappa shape index (κ1) is 16.1. The lowest BCUT2D eigenvalue weighted by Crippen LogP contribution is -2.30. The molecule has 0 fully saturated rings. The molecule has 0 aliphatic heterocycles. The van der Waals surface area contributed by atoms with Crippen molar-refractivity contribution in [2.45, 2.75) is 27.3 Å². The average Bonchev–Trinajstić information content (AvgIpc) is 2.77. The van der Waals surface area contributed by atoms with Crippen molar-refractivity contribution >= 4 is 5.91 Å². The van der Waals surface area contributed by atoms with Gasteiger partial charge in [-0.2, -0.15) is 5.10 Å². The first-order valence-electron chi connectivity index (χ1n) is 7.11. The van der Waals surface area contributed by atoms with Gasteiger partial charge in [-0.1, -0.05) is 6.92 Å². The Kier molecular flexibility index (Phi) is 4.90. The molecule has 1 N–H and O–H groups in total. The molecule has 0 spiro atoms. The van der Waals surface area contributed by atoms with Gasteiger partial charge < -0.3 is 5.32 Å². The van der Waals surface area contributed by atoms with Crippen LogP contribution in [0.15, 0.2) is 24.3 Å². The second kappa shape index (κ2) is 6.68. The van der Waals surface area contributed by atoms with Gasteiger partial charge in [-0.05, 0) is 44.0 Å². The summed E-state index contributed by atoms with van der Waals surface area (Å²) in [6, 6.07) is 5.10. The number of aromatic nitrogens is 2. The van der Waals surface area contributed by atoms with E-state index in [1.54, 1.807) is 0 Å². The monoisotopic (exact) mass is 307 g/mol. The Bertz CT molecular complexity index is 682. The number of nitrogens with one attached hydrogen (secondary N) is 1. The molecule has 22 heavy (non-hydrogen) atoms. The van der Waals surface area contributed by atoms with E-state index in [1.165, 1.54) is 6.07 Å². The predicted molar refractivity (Wildman–Crippen MR) is 79.6 cm³/mol. The number of aryl methyl sites for hydroxylation is 2. The van der Waals surface area contributed by atoms with Crippen LogP contribution in [0.5, 0.6) is 0 Å². The Morgan fingerprint density at radius 3 is 2.59 bits per heavy atom. The van der Waals surface area contributed by atoms with E-state index in [9.17, 15) is 13.6 Å². The zero-order valence-corrected chi connectivity index (χ0v) is 12.9. The molecule has 0 saturated heterocycles. The van der Waals surface area contributed by atoms with Crippen LogP contribution in [0.3, 0.4) is 0 Å². The molecule has 1 aromatic carbocycles. The van der Waals surface area contributed by atoms with Gasteiger partial charge >= 0.3 is 0 Å².